The number of piperidine rings is 1. The summed E-state index contributed by atoms with van der Waals surface area (Å²) in [6.45, 7) is 2.71. The minimum atomic E-state index is -0.503. The van der Waals surface area contributed by atoms with Gasteiger partial charge in [0.15, 0.2) is 0 Å². The van der Waals surface area contributed by atoms with Crippen molar-refractivity contribution in [1.82, 2.24) is 9.88 Å². The van der Waals surface area contributed by atoms with Crippen LogP contribution in [-0.4, -0.2) is 36.0 Å². The van der Waals surface area contributed by atoms with Crippen LogP contribution in [0.2, 0.25) is 0 Å². The van der Waals surface area contributed by atoms with Gasteiger partial charge in [-0.3, -0.25) is 9.69 Å². The predicted molar refractivity (Wildman–Crippen MR) is 92.0 cm³/mol. The summed E-state index contributed by atoms with van der Waals surface area (Å²) in [7, 11) is 1.61. The molecule has 0 saturated carbocycles. The highest BCUT2D eigenvalue weighted by atomic mass is 16.5. The molecular formula is C19H21N3O2. The van der Waals surface area contributed by atoms with Crippen LogP contribution in [0.25, 0.3) is 0 Å². The number of pyridine rings is 1. The molecule has 2 aliphatic rings. The monoisotopic (exact) mass is 323 g/mol. The maximum absolute atomic E-state index is 12.7. The van der Waals surface area contributed by atoms with Crippen LogP contribution in [0.5, 0.6) is 5.88 Å². The standard InChI is InChI=1S/C19H21N3O2/c1-24-16-8-7-15-17(21-16)19(18(23)20-15)9-11-22(12-10-19)13-14-5-3-2-4-6-14/h2-8H,9-13H2,1H3,(H,20,23). The highest BCUT2D eigenvalue weighted by Crippen LogP contribution is 2.44. The number of hydrogen-bond acceptors (Lipinski definition) is 4. The zero-order valence-corrected chi connectivity index (χ0v) is 13.8. The SMILES string of the molecule is COc1ccc2c(n1)C1(CCN(Cc3ccccc3)CC1)C(=O)N2. The lowest BCUT2D eigenvalue weighted by atomic mass is 9.76. The number of nitrogens with zero attached hydrogens (tertiary/aromatic N) is 2. The van der Waals surface area contributed by atoms with Gasteiger partial charge in [0.2, 0.25) is 11.8 Å². The maximum Gasteiger partial charge on any atom is 0.236 e. The second-order valence-electron chi connectivity index (χ2n) is 6.55. The minimum Gasteiger partial charge on any atom is -0.481 e. The van der Waals surface area contributed by atoms with E-state index in [0.717, 1.165) is 43.9 Å². The van der Waals surface area contributed by atoms with Gasteiger partial charge in [0.25, 0.3) is 0 Å². The molecule has 1 N–H and O–H groups in total. The number of rotatable bonds is 3. The number of aromatic nitrogens is 1. The van der Waals surface area contributed by atoms with Crippen molar-refractivity contribution in [3.05, 3.63) is 53.7 Å². The summed E-state index contributed by atoms with van der Waals surface area (Å²) in [5.41, 5.74) is 2.49. The largest absolute Gasteiger partial charge is 0.481 e. The molecule has 0 unspecified atom stereocenters. The normalized spacial score (nSPS) is 19.1. The number of carbonyl (C=O) groups excluding carboxylic acids is 1. The van der Waals surface area contributed by atoms with Crippen molar-refractivity contribution < 1.29 is 9.53 Å². The average Bonchev–Trinajstić information content (AvgIpc) is 2.89. The van der Waals surface area contributed by atoms with E-state index in [1.807, 2.05) is 12.1 Å². The number of anilines is 1. The fraction of sp³-hybridized carbons (Fsp3) is 0.368. The maximum atomic E-state index is 12.7. The van der Waals surface area contributed by atoms with E-state index in [9.17, 15) is 4.79 Å². The van der Waals surface area contributed by atoms with Gasteiger partial charge in [-0.15, -0.1) is 0 Å². The molecule has 1 aromatic carbocycles. The zero-order valence-electron chi connectivity index (χ0n) is 13.8. The lowest BCUT2D eigenvalue weighted by Gasteiger charge is -2.37. The molecule has 5 heteroatoms. The highest BCUT2D eigenvalue weighted by molar-refractivity contribution is 6.05. The Morgan fingerprint density at radius 1 is 1.17 bits per heavy atom. The molecule has 5 nitrogen and oxygen atoms in total. The summed E-state index contributed by atoms with van der Waals surface area (Å²) in [5, 5.41) is 3.00. The second-order valence-corrected chi connectivity index (χ2v) is 6.55. The van der Waals surface area contributed by atoms with Crippen molar-refractivity contribution in [2.75, 3.05) is 25.5 Å². The van der Waals surface area contributed by atoms with E-state index in [1.54, 1.807) is 13.2 Å². The molecule has 1 spiro atoms. The van der Waals surface area contributed by atoms with Gasteiger partial charge >= 0.3 is 0 Å². The number of likely N-dealkylation sites (tertiary alicyclic amines) is 1. The minimum absolute atomic E-state index is 0.0811. The molecule has 0 atom stereocenters. The smallest absolute Gasteiger partial charge is 0.236 e. The van der Waals surface area contributed by atoms with Gasteiger partial charge in [0.1, 0.15) is 0 Å². The third-order valence-corrected chi connectivity index (χ3v) is 5.17. The molecule has 3 heterocycles. The molecule has 1 saturated heterocycles. The van der Waals surface area contributed by atoms with Gasteiger partial charge in [0.05, 0.1) is 23.9 Å². The van der Waals surface area contributed by atoms with Gasteiger partial charge in [0, 0.05) is 12.6 Å². The lowest BCUT2D eigenvalue weighted by molar-refractivity contribution is -0.122. The van der Waals surface area contributed by atoms with Crippen LogP contribution in [0.3, 0.4) is 0 Å². The fourth-order valence-corrected chi connectivity index (χ4v) is 3.77. The van der Waals surface area contributed by atoms with Crippen molar-refractivity contribution in [2.45, 2.75) is 24.8 Å². The van der Waals surface area contributed by atoms with Crippen LogP contribution in [0.1, 0.15) is 24.1 Å². The molecular weight excluding hydrogens is 302 g/mol. The van der Waals surface area contributed by atoms with Crippen LogP contribution < -0.4 is 10.1 Å². The Hall–Kier alpha value is -2.40. The Kier molecular flexibility index (Phi) is 3.73. The third-order valence-electron chi connectivity index (χ3n) is 5.17. The molecule has 0 aliphatic carbocycles. The Morgan fingerprint density at radius 2 is 1.92 bits per heavy atom. The topological polar surface area (TPSA) is 54.5 Å². The number of nitrogens with one attached hydrogen (secondary N) is 1. The Bertz CT molecular complexity index is 752. The Labute approximate surface area is 141 Å². The first kappa shape index (κ1) is 15.1. The van der Waals surface area contributed by atoms with Gasteiger partial charge < -0.3 is 10.1 Å². The van der Waals surface area contributed by atoms with Gasteiger partial charge in [-0.25, -0.2) is 4.98 Å². The molecule has 2 aliphatic heterocycles. The van der Waals surface area contributed by atoms with Gasteiger partial charge in [-0.2, -0.15) is 0 Å². The van der Waals surface area contributed by atoms with E-state index in [1.165, 1.54) is 5.56 Å². The first-order chi connectivity index (χ1) is 11.7. The molecule has 2 aromatic rings. The van der Waals surface area contributed by atoms with Gasteiger partial charge in [-0.05, 0) is 37.6 Å². The molecule has 124 valence electrons. The van der Waals surface area contributed by atoms with Crippen LogP contribution in [0, 0.1) is 0 Å². The van der Waals surface area contributed by atoms with Crippen molar-refractivity contribution in [3.63, 3.8) is 0 Å². The molecule has 24 heavy (non-hydrogen) atoms. The summed E-state index contributed by atoms with van der Waals surface area (Å²) in [6, 6.07) is 14.2. The number of benzene rings is 1. The van der Waals surface area contributed by atoms with E-state index >= 15 is 0 Å². The average molecular weight is 323 g/mol. The van der Waals surface area contributed by atoms with Crippen LogP contribution >= 0.6 is 0 Å². The second kappa shape index (κ2) is 5.91. The highest BCUT2D eigenvalue weighted by Gasteiger charge is 2.49. The molecule has 1 aromatic heterocycles. The number of carbonyl (C=O) groups is 1. The number of hydrogen-bond donors (Lipinski definition) is 1. The summed E-state index contributed by atoms with van der Waals surface area (Å²) in [5.74, 6) is 0.647. The van der Waals surface area contributed by atoms with E-state index in [-0.39, 0.29) is 5.91 Å². The summed E-state index contributed by atoms with van der Waals surface area (Å²) < 4.78 is 5.25. The predicted octanol–water partition coefficient (Wildman–Crippen LogP) is 2.58. The van der Waals surface area contributed by atoms with Crippen molar-refractivity contribution in [1.29, 1.82) is 0 Å². The number of ether oxygens (including phenoxy) is 1. The van der Waals surface area contributed by atoms with Crippen LogP contribution in [-0.2, 0) is 16.8 Å². The van der Waals surface area contributed by atoms with Crippen molar-refractivity contribution in [2.24, 2.45) is 0 Å². The summed E-state index contributed by atoms with van der Waals surface area (Å²) in [4.78, 5) is 19.7. The number of fused-ring (bicyclic) bond motifs is 2. The Balaban J connectivity index is 1.53. The first-order valence-electron chi connectivity index (χ1n) is 8.34. The van der Waals surface area contributed by atoms with E-state index in [4.69, 9.17) is 4.74 Å². The molecule has 0 bridgehead atoms. The van der Waals surface area contributed by atoms with Crippen molar-refractivity contribution >= 4 is 11.6 Å². The molecule has 0 radical (unpaired) electrons. The van der Waals surface area contributed by atoms with Crippen molar-refractivity contribution in [3.8, 4) is 5.88 Å². The molecule has 1 amide bonds. The van der Waals surface area contributed by atoms with Crippen LogP contribution in [0.4, 0.5) is 5.69 Å². The molecule has 4 rings (SSSR count). The summed E-state index contributed by atoms with van der Waals surface area (Å²) >= 11 is 0. The lowest BCUT2D eigenvalue weighted by Crippen LogP contribution is -2.46. The third kappa shape index (κ3) is 2.45. The number of methoxy groups -OCH3 is 1. The summed E-state index contributed by atoms with van der Waals surface area (Å²) in [6.07, 6.45) is 1.58. The van der Waals surface area contributed by atoms with E-state index in [0.29, 0.717) is 5.88 Å². The zero-order chi connectivity index (χ0) is 16.6. The molecule has 1 fully saturated rings. The first-order valence-corrected chi connectivity index (χ1v) is 8.34. The quantitative estimate of drug-likeness (QED) is 0.943. The fourth-order valence-electron chi connectivity index (χ4n) is 3.77. The van der Waals surface area contributed by atoms with E-state index < -0.39 is 5.41 Å². The van der Waals surface area contributed by atoms with Crippen LogP contribution in [0.15, 0.2) is 42.5 Å². The Morgan fingerprint density at radius 3 is 2.62 bits per heavy atom. The van der Waals surface area contributed by atoms with E-state index in [2.05, 4.69) is 39.5 Å². The number of amides is 1. The van der Waals surface area contributed by atoms with Gasteiger partial charge in [-0.1, -0.05) is 30.3 Å².